The predicted molar refractivity (Wildman–Crippen MR) is 45.6 cm³/mol. The van der Waals surface area contributed by atoms with Crippen molar-refractivity contribution in [1.29, 1.82) is 0 Å². The number of hydrogen-bond donors (Lipinski definition) is 0. The topological polar surface area (TPSA) is 69.0 Å². The normalized spacial score (nSPS) is 19.6. The minimum atomic E-state index is 0.159. The quantitative estimate of drug-likeness (QED) is 0.628. The summed E-state index contributed by atoms with van der Waals surface area (Å²) in [7, 11) is 0. The molecule has 6 heteroatoms. The Labute approximate surface area is 79.5 Å². The summed E-state index contributed by atoms with van der Waals surface area (Å²) >= 11 is 0. The first-order valence-corrected chi connectivity index (χ1v) is 4.25. The highest BCUT2D eigenvalue weighted by atomic mass is 16.6. The van der Waals surface area contributed by atoms with Gasteiger partial charge in [0.05, 0.1) is 12.3 Å². The van der Waals surface area contributed by atoms with E-state index in [2.05, 4.69) is 20.5 Å². The largest absolute Gasteiger partial charge is 0.366 e. The van der Waals surface area contributed by atoms with Gasteiger partial charge in [-0.2, -0.15) is 4.68 Å². The number of hydrogen-bond acceptors (Lipinski definition) is 5. The first-order chi connectivity index (χ1) is 6.93. The summed E-state index contributed by atoms with van der Waals surface area (Å²) in [5.41, 5.74) is 0.929. The molecule has 0 unspecified atom stereocenters. The van der Waals surface area contributed by atoms with Gasteiger partial charge in [-0.1, -0.05) is 6.07 Å². The Bertz CT molecular complexity index is 437. The molecule has 0 saturated carbocycles. The molecule has 3 rings (SSSR count). The van der Waals surface area contributed by atoms with Crippen molar-refractivity contribution in [3.05, 3.63) is 30.2 Å². The number of pyridine rings is 1. The molecular formula is C8H7N5O. The molecule has 1 fully saturated rings. The molecule has 1 aliphatic rings. The molecule has 14 heavy (non-hydrogen) atoms. The average Bonchev–Trinajstić information content (AvgIpc) is 2.94. The lowest BCUT2D eigenvalue weighted by Crippen LogP contribution is -2.00. The molecule has 1 saturated heterocycles. The van der Waals surface area contributed by atoms with Crippen LogP contribution in [0.1, 0.15) is 11.8 Å². The van der Waals surface area contributed by atoms with Gasteiger partial charge in [-0.05, 0) is 22.6 Å². The van der Waals surface area contributed by atoms with Gasteiger partial charge in [0.1, 0.15) is 12.4 Å². The van der Waals surface area contributed by atoms with Crippen molar-refractivity contribution in [2.45, 2.75) is 6.10 Å². The molecular weight excluding hydrogens is 182 g/mol. The summed E-state index contributed by atoms with van der Waals surface area (Å²) in [6.45, 7) is 0.756. The molecule has 0 spiro atoms. The molecule has 6 nitrogen and oxygen atoms in total. The molecule has 1 atom stereocenters. The Morgan fingerprint density at radius 3 is 3.07 bits per heavy atom. The van der Waals surface area contributed by atoms with Gasteiger partial charge in [0, 0.05) is 0 Å². The van der Waals surface area contributed by atoms with Crippen molar-refractivity contribution in [3.63, 3.8) is 0 Å². The van der Waals surface area contributed by atoms with E-state index in [4.69, 9.17) is 4.74 Å². The lowest BCUT2D eigenvalue weighted by atomic mass is 10.3. The molecule has 1 aliphatic heterocycles. The molecule has 0 aromatic carbocycles. The molecule has 3 heterocycles. The van der Waals surface area contributed by atoms with Gasteiger partial charge in [0.15, 0.2) is 5.82 Å². The van der Waals surface area contributed by atoms with E-state index in [0.29, 0.717) is 5.82 Å². The molecule has 0 amide bonds. The van der Waals surface area contributed by atoms with Crippen LogP contribution in [0.15, 0.2) is 24.5 Å². The standard InChI is InChI=1S/C8H7N5O/c1-2-6(7-4-14-7)10-8(3-1)13-5-9-11-12-13/h1-3,5,7H,4H2/t7-/m0/s1. The van der Waals surface area contributed by atoms with Gasteiger partial charge in [-0.15, -0.1) is 5.10 Å². The fourth-order valence-corrected chi connectivity index (χ4v) is 1.23. The van der Waals surface area contributed by atoms with Crippen molar-refractivity contribution >= 4 is 0 Å². The minimum Gasteiger partial charge on any atom is -0.366 e. The zero-order chi connectivity index (χ0) is 9.38. The van der Waals surface area contributed by atoms with Gasteiger partial charge < -0.3 is 4.74 Å². The lowest BCUT2D eigenvalue weighted by Gasteiger charge is -1.99. The van der Waals surface area contributed by atoms with Crippen LogP contribution in [0, 0.1) is 0 Å². The van der Waals surface area contributed by atoms with E-state index >= 15 is 0 Å². The third-order valence-corrected chi connectivity index (χ3v) is 2.00. The Morgan fingerprint density at radius 2 is 2.36 bits per heavy atom. The molecule has 70 valence electrons. The Morgan fingerprint density at radius 1 is 1.43 bits per heavy atom. The highest BCUT2D eigenvalue weighted by molar-refractivity contribution is 5.24. The second-order valence-electron chi connectivity index (χ2n) is 3.00. The Kier molecular flexibility index (Phi) is 1.54. The highest BCUT2D eigenvalue weighted by Gasteiger charge is 2.26. The van der Waals surface area contributed by atoms with E-state index in [1.807, 2.05) is 18.2 Å². The smallest absolute Gasteiger partial charge is 0.157 e. The van der Waals surface area contributed by atoms with Gasteiger partial charge >= 0.3 is 0 Å². The van der Waals surface area contributed by atoms with E-state index in [1.54, 1.807) is 0 Å². The van der Waals surface area contributed by atoms with Crippen LogP contribution < -0.4 is 0 Å². The predicted octanol–water partition coefficient (Wildman–Crippen LogP) is 0.129. The molecule has 0 N–H and O–H groups in total. The lowest BCUT2D eigenvalue weighted by molar-refractivity contribution is 0.411. The number of rotatable bonds is 2. The maximum Gasteiger partial charge on any atom is 0.157 e. The highest BCUT2D eigenvalue weighted by Crippen LogP contribution is 2.28. The second kappa shape index (κ2) is 2.85. The van der Waals surface area contributed by atoms with Crippen LogP contribution in [-0.2, 0) is 4.74 Å². The fraction of sp³-hybridized carbons (Fsp3) is 0.250. The molecule has 0 radical (unpaired) electrons. The Balaban J connectivity index is 2.02. The van der Waals surface area contributed by atoms with Crippen molar-refractivity contribution in [1.82, 2.24) is 25.2 Å². The molecule has 0 bridgehead atoms. The maximum atomic E-state index is 5.14. The summed E-state index contributed by atoms with van der Waals surface area (Å²) in [5.74, 6) is 0.711. The van der Waals surface area contributed by atoms with Crippen LogP contribution in [0.3, 0.4) is 0 Å². The third-order valence-electron chi connectivity index (χ3n) is 2.00. The van der Waals surface area contributed by atoms with Crippen LogP contribution in [0.2, 0.25) is 0 Å². The van der Waals surface area contributed by atoms with Gasteiger partial charge in [-0.25, -0.2) is 4.98 Å². The average molecular weight is 189 g/mol. The molecule has 0 aliphatic carbocycles. The zero-order valence-electron chi connectivity index (χ0n) is 7.24. The minimum absolute atomic E-state index is 0.159. The van der Waals surface area contributed by atoms with E-state index in [9.17, 15) is 0 Å². The van der Waals surface area contributed by atoms with Crippen LogP contribution in [0.5, 0.6) is 0 Å². The zero-order valence-corrected chi connectivity index (χ0v) is 7.24. The number of epoxide rings is 1. The number of tetrazole rings is 1. The summed E-state index contributed by atoms with van der Waals surface area (Å²) in [5, 5.41) is 10.9. The van der Waals surface area contributed by atoms with Crippen molar-refractivity contribution in [2.24, 2.45) is 0 Å². The first kappa shape index (κ1) is 7.57. The van der Waals surface area contributed by atoms with Crippen LogP contribution in [0.4, 0.5) is 0 Å². The van der Waals surface area contributed by atoms with Crippen LogP contribution >= 0.6 is 0 Å². The summed E-state index contributed by atoms with van der Waals surface area (Å²) in [4.78, 5) is 4.37. The monoisotopic (exact) mass is 189 g/mol. The SMILES string of the molecule is c1cc([C@@H]2CO2)nc(-n2cnnn2)c1. The van der Waals surface area contributed by atoms with Crippen molar-refractivity contribution in [3.8, 4) is 5.82 Å². The van der Waals surface area contributed by atoms with Crippen molar-refractivity contribution in [2.75, 3.05) is 6.61 Å². The fourth-order valence-electron chi connectivity index (χ4n) is 1.23. The first-order valence-electron chi connectivity index (χ1n) is 4.25. The van der Waals surface area contributed by atoms with Gasteiger partial charge in [0.2, 0.25) is 0 Å². The number of aromatic nitrogens is 5. The number of ether oxygens (including phenoxy) is 1. The van der Waals surface area contributed by atoms with E-state index < -0.39 is 0 Å². The summed E-state index contributed by atoms with van der Waals surface area (Å²) in [6, 6.07) is 5.70. The van der Waals surface area contributed by atoms with Crippen molar-refractivity contribution < 1.29 is 4.74 Å². The maximum absolute atomic E-state index is 5.14. The van der Waals surface area contributed by atoms with E-state index in [1.165, 1.54) is 11.0 Å². The molecule has 2 aromatic rings. The Hall–Kier alpha value is -1.82. The van der Waals surface area contributed by atoms with E-state index in [-0.39, 0.29) is 6.10 Å². The summed E-state index contributed by atoms with van der Waals surface area (Å²) < 4.78 is 6.66. The second-order valence-corrected chi connectivity index (χ2v) is 3.00. The van der Waals surface area contributed by atoms with Gasteiger partial charge in [0.25, 0.3) is 0 Å². The van der Waals surface area contributed by atoms with Crippen LogP contribution in [-0.4, -0.2) is 31.8 Å². The third kappa shape index (κ3) is 1.25. The summed E-state index contributed by atoms with van der Waals surface area (Å²) in [6.07, 6.45) is 1.67. The van der Waals surface area contributed by atoms with Crippen LogP contribution in [0.25, 0.3) is 5.82 Å². The number of nitrogens with zero attached hydrogens (tertiary/aromatic N) is 5. The molecule has 2 aromatic heterocycles. The van der Waals surface area contributed by atoms with E-state index in [0.717, 1.165) is 12.3 Å². The van der Waals surface area contributed by atoms with Gasteiger partial charge in [-0.3, -0.25) is 0 Å².